The zero-order chi connectivity index (χ0) is 37.5. The Balaban J connectivity index is 0.952. The fraction of sp³-hybridized carbons (Fsp3) is 0. The Morgan fingerprint density at radius 3 is 1.61 bits per heavy atom. The molecule has 4 aromatic heterocycles. The highest BCUT2D eigenvalue weighted by atomic mass is 32.1. The Morgan fingerprint density at radius 2 is 0.930 bits per heavy atom. The molecule has 0 spiro atoms. The van der Waals surface area contributed by atoms with Gasteiger partial charge < -0.3 is 8.98 Å². The Hall–Kier alpha value is -7.41. The molecule has 8 aromatic carbocycles. The van der Waals surface area contributed by atoms with Gasteiger partial charge in [-0.3, -0.25) is 0 Å². The van der Waals surface area contributed by atoms with E-state index < -0.39 is 0 Å². The first kappa shape index (κ1) is 31.9. The highest BCUT2D eigenvalue weighted by molar-refractivity contribution is 7.26. The van der Waals surface area contributed by atoms with Gasteiger partial charge in [0.15, 0.2) is 17.5 Å². The molecule has 12 rings (SSSR count). The molecule has 0 bridgehead atoms. The lowest BCUT2D eigenvalue weighted by molar-refractivity contribution is 0.669. The topological polar surface area (TPSA) is 56.7 Å². The summed E-state index contributed by atoms with van der Waals surface area (Å²) in [5.41, 5.74) is 10.3. The summed E-state index contributed by atoms with van der Waals surface area (Å²) in [6.07, 6.45) is 0. The largest absolute Gasteiger partial charge is 0.456 e. The predicted octanol–water partition coefficient (Wildman–Crippen LogP) is 13.9. The summed E-state index contributed by atoms with van der Waals surface area (Å²) in [5.74, 6) is 1.86. The van der Waals surface area contributed by atoms with Crippen LogP contribution in [0.25, 0.3) is 115 Å². The van der Waals surface area contributed by atoms with Crippen molar-refractivity contribution in [1.82, 2.24) is 19.5 Å². The third-order valence-corrected chi connectivity index (χ3v) is 12.3. The maximum Gasteiger partial charge on any atom is 0.164 e. The van der Waals surface area contributed by atoms with Gasteiger partial charge in [0, 0.05) is 53.7 Å². The maximum atomic E-state index is 6.49. The number of thiophene rings is 1. The Kier molecular flexibility index (Phi) is 7.03. The zero-order valence-corrected chi connectivity index (χ0v) is 31.2. The molecule has 0 N–H and O–H groups in total. The number of hydrogen-bond acceptors (Lipinski definition) is 5. The molecule has 57 heavy (non-hydrogen) atoms. The second-order valence-corrected chi connectivity index (χ2v) is 15.5. The van der Waals surface area contributed by atoms with Crippen molar-refractivity contribution in [3.05, 3.63) is 182 Å². The molecular formula is C51H30N4OS. The van der Waals surface area contributed by atoms with Crippen molar-refractivity contribution in [3.63, 3.8) is 0 Å². The first-order valence-electron chi connectivity index (χ1n) is 19.0. The number of aromatic nitrogens is 4. The summed E-state index contributed by atoms with van der Waals surface area (Å²) < 4.78 is 11.5. The summed E-state index contributed by atoms with van der Waals surface area (Å²) in [4.78, 5) is 14.7. The molecule has 0 saturated carbocycles. The van der Waals surface area contributed by atoms with Gasteiger partial charge in [-0.05, 0) is 65.7 Å². The summed E-state index contributed by atoms with van der Waals surface area (Å²) >= 11 is 1.86. The average molecular weight is 747 g/mol. The van der Waals surface area contributed by atoms with Crippen molar-refractivity contribution in [3.8, 4) is 51.0 Å². The van der Waals surface area contributed by atoms with Crippen LogP contribution in [-0.4, -0.2) is 19.5 Å². The lowest BCUT2D eigenvalue weighted by atomic mass is 10.0. The smallest absolute Gasteiger partial charge is 0.164 e. The fourth-order valence-electron chi connectivity index (χ4n) is 8.35. The van der Waals surface area contributed by atoms with Crippen LogP contribution in [0.15, 0.2) is 186 Å². The standard InChI is InChI=1S/C51H30N4OS/c1-3-12-31(13-4-1)49-52-50(32-14-5-2-6-15-32)54-51(53-49)35-22-25-38-40-28-33(23-26-45(40)56-46(38)30-35)34-24-27-47-41(29-34)39-18-11-21-44(48(39)57-47)55-42-19-9-7-16-36(42)37-17-8-10-20-43(37)55/h1-30H. The maximum absolute atomic E-state index is 6.49. The van der Waals surface area contributed by atoms with Gasteiger partial charge in [0.05, 0.1) is 21.4 Å². The van der Waals surface area contributed by atoms with Crippen molar-refractivity contribution in [1.29, 1.82) is 0 Å². The van der Waals surface area contributed by atoms with E-state index in [1.807, 2.05) is 78.1 Å². The summed E-state index contributed by atoms with van der Waals surface area (Å²) in [5, 5.41) is 7.19. The van der Waals surface area contributed by atoms with Gasteiger partial charge >= 0.3 is 0 Å². The molecule has 6 heteroatoms. The minimum atomic E-state index is 0.600. The summed E-state index contributed by atoms with van der Waals surface area (Å²) in [6, 6.07) is 63.9. The van der Waals surface area contributed by atoms with Crippen LogP contribution in [0.2, 0.25) is 0 Å². The van der Waals surface area contributed by atoms with Gasteiger partial charge in [0.25, 0.3) is 0 Å². The SMILES string of the molecule is c1ccc(-c2nc(-c3ccccc3)nc(-c3ccc4c(c3)oc3ccc(-c5ccc6sc7c(-n8c9ccccc9c9ccccc98)cccc7c6c5)cc34)n2)cc1. The third kappa shape index (κ3) is 5.12. The normalized spacial score (nSPS) is 11.9. The first-order valence-corrected chi connectivity index (χ1v) is 19.8. The van der Waals surface area contributed by atoms with Gasteiger partial charge in [0.2, 0.25) is 0 Å². The minimum absolute atomic E-state index is 0.600. The highest BCUT2D eigenvalue weighted by Crippen LogP contribution is 2.43. The van der Waals surface area contributed by atoms with E-state index in [9.17, 15) is 0 Å². The molecule has 12 aromatic rings. The number of nitrogens with zero attached hydrogens (tertiary/aromatic N) is 4. The monoisotopic (exact) mass is 746 g/mol. The number of fused-ring (bicyclic) bond motifs is 9. The number of furan rings is 1. The van der Waals surface area contributed by atoms with Crippen molar-refractivity contribution < 1.29 is 4.42 Å². The van der Waals surface area contributed by atoms with Crippen LogP contribution < -0.4 is 0 Å². The van der Waals surface area contributed by atoms with E-state index in [2.05, 4.69) is 120 Å². The Labute approximate surface area is 330 Å². The van der Waals surface area contributed by atoms with Crippen molar-refractivity contribution in [2.45, 2.75) is 0 Å². The Morgan fingerprint density at radius 1 is 0.368 bits per heavy atom. The van der Waals surface area contributed by atoms with Crippen LogP contribution in [0, 0.1) is 0 Å². The summed E-state index contributed by atoms with van der Waals surface area (Å²) in [6.45, 7) is 0. The third-order valence-electron chi connectivity index (χ3n) is 11.1. The molecule has 0 amide bonds. The van der Waals surface area contributed by atoms with Gasteiger partial charge in [-0.25, -0.2) is 15.0 Å². The second-order valence-electron chi connectivity index (χ2n) is 14.4. The molecule has 0 fully saturated rings. The Bertz CT molecular complexity index is 3420. The highest BCUT2D eigenvalue weighted by Gasteiger charge is 2.18. The quantitative estimate of drug-likeness (QED) is 0.176. The van der Waals surface area contributed by atoms with Gasteiger partial charge in [0.1, 0.15) is 11.2 Å². The minimum Gasteiger partial charge on any atom is -0.456 e. The van der Waals surface area contributed by atoms with E-state index in [0.717, 1.165) is 44.2 Å². The van der Waals surface area contributed by atoms with Crippen LogP contribution in [-0.2, 0) is 0 Å². The van der Waals surface area contributed by atoms with Crippen molar-refractivity contribution >= 4 is 75.3 Å². The summed E-state index contributed by atoms with van der Waals surface area (Å²) in [7, 11) is 0. The van der Waals surface area contributed by atoms with E-state index in [4.69, 9.17) is 19.4 Å². The van der Waals surface area contributed by atoms with Crippen molar-refractivity contribution in [2.24, 2.45) is 0 Å². The number of rotatable bonds is 5. The first-order chi connectivity index (χ1) is 28.2. The molecule has 266 valence electrons. The van der Waals surface area contributed by atoms with Crippen LogP contribution in [0.1, 0.15) is 0 Å². The van der Waals surface area contributed by atoms with Crippen molar-refractivity contribution in [2.75, 3.05) is 0 Å². The average Bonchev–Trinajstić information content (AvgIpc) is 3.95. The van der Waals surface area contributed by atoms with Gasteiger partial charge in [-0.2, -0.15) is 0 Å². The number of para-hydroxylation sites is 2. The van der Waals surface area contributed by atoms with Gasteiger partial charge in [-0.15, -0.1) is 11.3 Å². The number of hydrogen-bond donors (Lipinski definition) is 0. The molecule has 0 atom stereocenters. The molecule has 0 unspecified atom stereocenters. The lowest BCUT2D eigenvalue weighted by Crippen LogP contribution is -2.00. The lowest BCUT2D eigenvalue weighted by Gasteiger charge is -2.09. The van der Waals surface area contributed by atoms with Crippen LogP contribution in [0.5, 0.6) is 0 Å². The van der Waals surface area contributed by atoms with E-state index in [-0.39, 0.29) is 0 Å². The zero-order valence-electron chi connectivity index (χ0n) is 30.4. The van der Waals surface area contributed by atoms with Crippen LogP contribution >= 0.6 is 11.3 Å². The van der Waals surface area contributed by atoms with E-state index in [1.54, 1.807) is 0 Å². The molecule has 0 aliphatic rings. The van der Waals surface area contributed by atoms with E-state index in [1.165, 1.54) is 53.2 Å². The molecule has 0 radical (unpaired) electrons. The molecule has 4 heterocycles. The van der Waals surface area contributed by atoms with Crippen LogP contribution in [0.3, 0.4) is 0 Å². The second kappa shape index (κ2) is 12.6. The molecule has 0 saturated heterocycles. The molecular weight excluding hydrogens is 717 g/mol. The molecule has 0 aliphatic heterocycles. The van der Waals surface area contributed by atoms with Gasteiger partial charge in [-0.1, -0.05) is 127 Å². The predicted molar refractivity (Wildman–Crippen MR) is 236 cm³/mol. The fourth-order valence-corrected chi connectivity index (χ4v) is 9.54. The molecule has 0 aliphatic carbocycles. The van der Waals surface area contributed by atoms with E-state index >= 15 is 0 Å². The van der Waals surface area contributed by atoms with Crippen LogP contribution in [0.4, 0.5) is 0 Å². The van der Waals surface area contributed by atoms with E-state index in [0.29, 0.717) is 17.5 Å². The number of benzene rings is 8. The molecule has 5 nitrogen and oxygen atoms in total.